The lowest BCUT2D eigenvalue weighted by molar-refractivity contribution is 0.0479. The van der Waals surface area contributed by atoms with Crippen LogP contribution in [0.1, 0.15) is 25.7 Å². The number of unbranched alkanes of at least 4 members (excludes halogenated alkanes) is 2. The van der Waals surface area contributed by atoms with Gasteiger partial charge in [-0.05, 0) is 46.3 Å². The fourth-order valence-electron chi connectivity index (χ4n) is 1.30. The Bertz CT molecular complexity index is 149. The zero-order chi connectivity index (χ0) is 12.1. The lowest BCUT2D eigenvalue weighted by atomic mass is 10.2. The summed E-state index contributed by atoms with van der Waals surface area (Å²) in [5.41, 5.74) is 0. The number of hydrogen-bond acceptors (Lipinski definition) is 3. The highest BCUT2D eigenvalue weighted by atomic mass is 16.5. The van der Waals surface area contributed by atoms with Crippen LogP contribution in [-0.2, 0) is 9.47 Å². The van der Waals surface area contributed by atoms with Gasteiger partial charge in [0, 0.05) is 6.61 Å². The van der Waals surface area contributed by atoms with E-state index in [1.165, 1.54) is 19.4 Å². The maximum atomic E-state index is 5.46. The van der Waals surface area contributed by atoms with Crippen molar-refractivity contribution in [1.82, 2.24) is 4.90 Å². The second kappa shape index (κ2) is 12.7. The molecule has 16 heavy (non-hydrogen) atoms. The molecule has 0 aliphatic rings. The Kier molecular flexibility index (Phi) is 12.4. The second-order valence-electron chi connectivity index (χ2n) is 4.17. The Hall–Kier alpha value is -0.380. The number of hydrogen-bond donors (Lipinski definition) is 0. The predicted molar refractivity (Wildman–Crippen MR) is 68.9 cm³/mol. The monoisotopic (exact) mass is 229 g/mol. The van der Waals surface area contributed by atoms with Gasteiger partial charge in [0.05, 0.1) is 19.8 Å². The molecule has 0 unspecified atom stereocenters. The molecule has 0 amide bonds. The SMILES string of the molecule is C=CCCOCCOCCCCCN(C)C. The van der Waals surface area contributed by atoms with E-state index in [0.29, 0.717) is 13.2 Å². The molecule has 0 aliphatic heterocycles. The summed E-state index contributed by atoms with van der Waals surface area (Å²) in [5.74, 6) is 0. The smallest absolute Gasteiger partial charge is 0.0700 e. The Morgan fingerprint density at radius 2 is 1.62 bits per heavy atom. The van der Waals surface area contributed by atoms with Gasteiger partial charge < -0.3 is 14.4 Å². The van der Waals surface area contributed by atoms with Crippen molar-refractivity contribution in [2.24, 2.45) is 0 Å². The van der Waals surface area contributed by atoms with Crippen molar-refractivity contribution < 1.29 is 9.47 Å². The van der Waals surface area contributed by atoms with E-state index in [4.69, 9.17) is 9.47 Å². The molecule has 0 atom stereocenters. The third-order valence-corrected chi connectivity index (χ3v) is 2.23. The van der Waals surface area contributed by atoms with Crippen LogP contribution in [0.15, 0.2) is 12.7 Å². The number of ether oxygens (including phenoxy) is 2. The maximum Gasteiger partial charge on any atom is 0.0700 e. The van der Waals surface area contributed by atoms with E-state index >= 15 is 0 Å². The standard InChI is InChI=1S/C13H27NO2/c1-4-5-10-15-12-13-16-11-8-6-7-9-14(2)3/h4H,1,5-13H2,2-3H3. The fourth-order valence-corrected chi connectivity index (χ4v) is 1.30. The highest BCUT2D eigenvalue weighted by Gasteiger charge is 1.93. The van der Waals surface area contributed by atoms with E-state index in [1.807, 2.05) is 6.08 Å². The Morgan fingerprint density at radius 3 is 2.25 bits per heavy atom. The van der Waals surface area contributed by atoms with Crippen molar-refractivity contribution in [3.05, 3.63) is 12.7 Å². The molecule has 0 saturated carbocycles. The molecule has 0 aromatic carbocycles. The molecule has 0 aliphatic carbocycles. The predicted octanol–water partition coefficient (Wildman–Crippen LogP) is 2.33. The largest absolute Gasteiger partial charge is 0.379 e. The van der Waals surface area contributed by atoms with E-state index < -0.39 is 0 Å². The van der Waals surface area contributed by atoms with Crippen LogP contribution >= 0.6 is 0 Å². The average Bonchev–Trinajstić information content (AvgIpc) is 2.25. The third-order valence-electron chi connectivity index (χ3n) is 2.23. The minimum absolute atomic E-state index is 0.700. The molecule has 3 heteroatoms. The van der Waals surface area contributed by atoms with E-state index in [9.17, 15) is 0 Å². The Labute approximate surface area is 100 Å². The average molecular weight is 229 g/mol. The van der Waals surface area contributed by atoms with Crippen molar-refractivity contribution in [1.29, 1.82) is 0 Å². The van der Waals surface area contributed by atoms with Crippen molar-refractivity contribution >= 4 is 0 Å². The molecule has 0 N–H and O–H groups in total. The van der Waals surface area contributed by atoms with Gasteiger partial charge in [-0.3, -0.25) is 0 Å². The lowest BCUT2D eigenvalue weighted by Gasteiger charge is -2.09. The molecular weight excluding hydrogens is 202 g/mol. The first kappa shape index (κ1) is 15.6. The third kappa shape index (κ3) is 13.6. The summed E-state index contributed by atoms with van der Waals surface area (Å²) in [6.45, 7) is 7.84. The second-order valence-corrected chi connectivity index (χ2v) is 4.17. The summed E-state index contributed by atoms with van der Waals surface area (Å²) in [6.07, 6.45) is 6.44. The number of rotatable bonds is 12. The van der Waals surface area contributed by atoms with Gasteiger partial charge in [0.25, 0.3) is 0 Å². The number of nitrogens with zero attached hydrogens (tertiary/aromatic N) is 1. The van der Waals surface area contributed by atoms with Crippen molar-refractivity contribution in [3.63, 3.8) is 0 Å². The minimum Gasteiger partial charge on any atom is -0.379 e. The zero-order valence-electron chi connectivity index (χ0n) is 10.9. The Morgan fingerprint density at radius 1 is 0.938 bits per heavy atom. The van der Waals surface area contributed by atoms with Crippen LogP contribution in [0.5, 0.6) is 0 Å². The summed E-state index contributed by atoms with van der Waals surface area (Å²) >= 11 is 0. The summed E-state index contributed by atoms with van der Waals surface area (Å²) in [4.78, 5) is 2.22. The molecule has 96 valence electrons. The van der Waals surface area contributed by atoms with Gasteiger partial charge in [0.15, 0.2) is 0 Å². The van der Waals surface area contributed by atoms with E-state index in [1.54, 1.807) is 0 Å². The summed E-state index contributed by atoms with van der Waals surface area (Å²) in [7, 11) is 4.22. The molecule has 0 aromatic rings. The van der Waals surface area contributed by atoms with Crippen LogP contribution in [0.25, 0.3) is 0 Å². The minimum atomic E-state index is 0.700. The highest BCUT2D eigenvalue weighted by molar-refractivity contribution is 4.64. The van der Waals surface area contributed by atoms with Gasteiger partial charge in [0.2, 0.25) is 0 Å². The van der Waals surface area contributed by atoms with Gasteiger partial charge in [0.1, 0.15) is 0 Å². The first-order chi connectivity index (χ1) is 7.77. The molecular formula is C13H27NO2. The lowest BCUT2D eigenvalue weighted by Crippen LogP contribution is -2.13. The van der Waals surface area contributed by atoms with Crippen molar-refractivity contribution in [2.75, 3.05) is 47.1 Å². The molecule has 0 aromatic heterocycles. The van der Waals surface area contributed by atoms with Crippen LogP contribution in [0.3, 0.4) is 0 Å². The molecule has 3 nitrogen and oxygen atoms in total. The summed E-state index contributed by atoms with van der Waals surface area (Å²) < 4.78 is 10.8. The molecule has 0 saturated heterocycles. The quantitative estimate of drug-likeness (QED) is 0.379. The first-order valence-electron chi connectivity index (χ1n) is 6.18. The van der Waals surface area contributed by atoms with E-state index in [0.717, 1.165) is 26.1 Å². The molecule has 0 rings (SSSR count). The van der Waals surface area contributed by atoms with Crippen molar-refractivity contribution in [2.45, 2.75) is 25.7 Å². The molecule has 0 heterocycles. The summed E-state index contributed by atoms with van der Waals surface area (Å²) in [6, 6.07) is 0. The van der Waals surface area contributed by atoms with Gasteiger partial charge in [-0.1, -0.05) is 6.08 Å². The maximum absolute atomic E-state index is 5.46. The van der Waals surface area contributed by atoms with E-state index in [2.05, 4.69) is 25.6 Å². The fraction of sp³-hybridized carbons (Fsp3) is 0.846. The summed E-state index contributed by atoms with van der Waals surface area (Å²) in [5, 5.41) is 0. The van der Waals surface area contributed by atoms with Gasteiger partial charge in [-0.25, -0.2) is 0 Å². The molecule has 0 fully saturated rings. The highest BCUT2D eigenvalue weighted by Crippen LogP contribution is 1.96. The van der Waals surface area contributed by atoms with Crippen LogP contribution < -0.4 is 0 Å². The molecule has 0 bridgehead atoms. The van der Waals surface area contributed by atoms with Crippen LogP contribution in [-0.4, -0.2) is 52.0 Å². The van der Waals surface area contributed by atoms with Gasteiger partial charge in [-0.2, -0.15) is 0 Å². The Balaban J connectivity index is 2.90. The van der Waals surface area contributed by atoms with Gasteiger partial charge in [-0.15, -0.1) is 6.58 Å². The van der Waals surface area contributed by atoms with Crippen LogP contribution in [0.4, 0.5) is 0 Å². The van der Waals surface area contributed by atoms with Crippen LogP contribution in [0.2, 0.25) is 0 Å². The van der Waals surface area contributed by atoms with E-state index in [-0.39, 0.29) is 0 Å². The van der Waals surface area contributed by atoms with Gasteiger partial charge >= 0.3 is 0 Å². The first-order valence-corrected chi connectivity index (χ1v) is 6.18. The zero-order valence-corrected chi connectivity index (χ0v) is 10.9. The van der Waals surface area contributed by atoms with Crippen LogP contribution in [0, 0.1) is 0 Å². The topological polar surface area (TPSA) is 21.7 Å². The molecule has 0 radical (unpaired) electrons. The molecule has 0 spiro atoms. The normalized spacial score (nSPS) is 10.9. The van der Waals surface area contributed by atoms with Crippen molar-refractivity contribution in [3.8, 4) is 0 Å².